The summed E-state index contributed by atoms with van der Waals surface area (Å²) in [6, 6.07) is 21.6. The maximum atomic E-state index is 12.4. The van der Waals surface area contributed by atoms with Gasteiger partial charge in [-0.1, -0.05) is 12.1 Å². The van der Waals surface area contributed by atoms with Gasteiger partial charge in [0.25, 0.3) is 11.8 Å². The van der Waals surface area contributed by atoms with Crippen LogP contribution in [0.3, 0.4) is 0 Å². The lowest BCUT2D eigenvalue weighted by atomic mass is 10.2. The van der Waals surface area contributed by atoms with Crippen molar-refractivity contribution in [2.75, 3.05) is 6.61 Å². The lowest BCUT2D eigenvalue weighted by Gasteiger charge is -2.09. The van der Waals surface area contributed by atoms with Gasteiger partial charge in [-0.3, -0.25) is 25.0 Å². The van der Waals surface area contributed by atoms with Gasteiger partial charge in [-0.25, -0.2) is 4.98 Å². The molecule has 0 radical (unpaired) electrons. The number of benzene rings is 3. The third-order valence-corrected chi connectivity index (χ3v) is 4.58. The molecule has 0 unspecified atom stereocenters. The Morgan fingerprint density at radius 3 is 2.10 bits per heavy atom. The van der Waals surface area contributed by atoms with Gasteiger partial charge in [-0.2, -0.15) is 0 Å². The maximum absolute atomic E-state index is 12.4. The average Bonchev–Trinajstić information content (AvgIpc) is 3.22. The first-order valence-electron chi connectivity index (χ1n) is 9.52. The molecule has 0 aliphatic carbocycles. The van der Waals surface area contributed by atoms with Crippen LogP contribution in [0.25, 0.3) is 16.7 Å². The van der Waals surface area contributed by atoms with Gasteiger partial charge in [0.1, 0.15) is 12.1 Å². The van der Waals surface area contributed by atoms with Crippen molar-refractivity contribution in [1.82, 2.24) is 20.4 Å². The van der Waals surface area contributed by atoms with Crippen LogP contribution in [0.2, 0.25) is 0 Å². The van der Waals surface area contributed by atoms with E-state index in [1.54, 1.807) is 42.7 Å². The van der Waals surface area contributed by atoms with Crippen molar-refractivity contribution in [3.05, 3.63) is 90.3 Å². The molecule has 7 nitrogen and oxygen atoms in total. The zero-order valence-electron chi connectivity index (χ0n) is 16.3. The van der Waals surface area contributed by atoms with Gasteiger partial charge in [-0.15, -0.1) is 0 Å². The molecule has 0 saturated heterocycles. The van der Waals surface area contributed by atoms with Gasteiger partial charge in [0.2, 0.25) is 0 Å². The number of imidazole rings is 1. The molecule has 0 bridgehead atoms. The van der Waals surface area contributed by atoms with Crippen molar-refractivity contribution >= 4 is 22.8 Å². The summed E-state index contributed by atoms with van der Waals surface area (Å²) < 4.78 is 7.30. The lowest BCUT2D eigenvalue weighted by Crippen LogP contribution is -2.41. The Hall–Kier alpha value is -4.13. The van der Waals surface area contributed by atoms with E-state index in [4.69, 9.17) is 4.74 Å². The van der Waals surface area contributed by atoms with Crippen molar-refractivity contribution in [2.24, 2.45) is 0 Å². The molecule has 7 heteroatoms. The van der Waals surface area contributed by atoms with E-state index in [2.05, 4.69) is 15.8 Å². The van der Waals surface area contributed by atoms with Gasteiger partial charge in [0.15, 0.2) is 0 Å². The van der Waals surface area contributed by atoms with E-state index < -0.39 is 11.8 Å². The predicted molar refractivity (Wildman–Crippen MR) is 114 cm³/mol. The predicted octanol–water partition coefficient (Wildman–Crippen LogP) is 3.50. The van der Waals surface area contributed by atoms with Crippen molar-refractivity contribution in [1.29, 1.82) is 0 Å². The molecule has 30 heavy (non-hydrogen) atoms. The van der Waals surface area contributed by atoms with Crippen LogP contribution in [0, 0.1) is 0 Å². The molecule has 2 amide bonds. The molecule has 3 aromatic carbocycles. The number of hydrazine groups is 1. The number of hydrogen-bond acceptors (Lipinski definition) is 4. The van der Waals surface area contributed by atoms with Crippen LogP contribution in [0.1, 0.15) is 27.6 Å². The van der Waals surface area contributed by atoms with Gasteiger partial charge >= 0.3 is 0 Å². The Morgan fingerprint density at radius 2 is 1.47 bits per heavy atom. The average molecular weight is 400 g/mol. The fraction of sp³-hybridized carbons (Fsp3) is 0.0870. The largest absolute Gasteiger partial charge is 0.494 e. The smallest absolute Gasteiger partial charge is 0.269 e. The highest BCUT2D eigenvalue weighted by Crippen LogP contribution is 2.18. The molecular weight excluding hydrogens is 380 g/mol. The summed E-state index contributed by atoms with van der Waals surface area (Å²) in [7, 11) is 0. The number of hydrogen-bond donors (Lipinski definition) is 2. The highest BCUT2D eigenvalue weighted by atomic mass is 16.5. The van der Waals surface area contributed by atoms with Crippen LogP contribution in [0.5, 0.6) is 5.75 Å². The summed E-state index contributed by atoms with van der Waals surface area (Å²) >= 11 is 0. The first kappa shape index (κ1) is 19.2. The Morgan fingerprint density at radius 1 is 0.867 bits per heavy atom. The van der Waals surface area contributed by atoms with E-state index in [0.29, 0.717) is 23.5 Å². The SMILES string of the molecule is CCOc1ccc(C(=O)NNC(=O)c2ccc(-n3cnc4ccccc43)cc2)cc1. The molecule has 0 aliphatic rings. The molecule has 1 heterocycles. The van der Waals surface area contributed by atoms with Crippen molar-refractivity contribution in [2.45, 2.75) is 6.92 Å². The van der Waals surface area contributed by atoms with E-state index in [-0.39, 0.29) is 0 Å². The van der Waals surface area contributed by atoms with Crippen LogP contribution >= 0.6 is 0 Å². The number of amides is 2. The quantitative estimate of drug-likeness (QED) is 0.502. The zero-order valence-corrected chi connectivity index (χ0v) is 16.3. The third kappa shape index (κ3) is 4.00. The molecule has 4 aromatic rings. The van der Waals surface area contributed by atoms with E-state index >= 15 is 0 Å². The summed E-state index contributed by atoms with van der Waals surface area (Å²) in [5.41, 5.74) is 8.47. The minimum absolute atomic E-state index is 0.406. The molecule has 150 valence electrons. The third-order valence-electron chi connectivity index (χ3n) is 4.58. The number of carbonyl (C=O) groups is 2. The Balaban J connectivity index is 1.39. The van der Waals surface area contributed by atoms with Gasteiger partial charge in [0.05, 0.1) is 17.6 Å². The summed E-state index contributed by atoms with van der Waals surface area (Å²) in [4.78, 5) is 28.9. The number of para-hydroxylation sites is 2. The van der Waals surface area contributed by atoms with Crippen LogP contribution < -0.4 is 15.6 Å². The molecule has 0 spiro atoms. The number of rotatable bonds is 5. The lowest BCUT2D eigenvalue weighted by molar-refractivity contribution is 0.0846. The first-order chi connectivity index (χ1) is 14.7. The number of carbonyl (C=O) groups excluding carboxylic acids is 2. The standard InChI is InChI=1S/C23H20N4O3/c1-2-30-19-13-9-17(10-14-19)23(29)26-25-22(28)16-7-11-18(12-8-16)27-15-24-20-5-3-4-6-21(20)27/h3-15H,2H2,1H3,(H,25,28)(H,26,29). The topological polar surface area (TPSA) is 85.3 Å². The van der Waals surface area contributed by atoms with Crippen LogP contribution in [0.4, 0.5) is 0 Å². The normalized spacial score (nSPS) is 10.6. The minimum atomic E-state index is -0.409. The number of nitrogens with one attached hydrogen (secondary N) is 2. The highest BCUT2D eigenvalue weighted by Gasteiger charge is 2.10. The van der Waals surface area contributed by atoms with E-state index in [1.165, 1.54) is 0 Å². The van der Waals surface area contributed by atoms with Gasteiger partial charge in [0, 0.05) is 16.8 Å². The molecule has 2 N–H and O–H groups in total. The van der Waals surface area contributed by atoms with E-state index in [1.807, 2.05) is 47.9 Å². The van der Waals surface area contributed by atoms with Gasteiger partial charge < -0.3 is 4.74 Å². The van der Waals surface area contributed by atoms with Gasteiger partial charge in [-0.05, 0) is 67.6 Å². The molecule has 0 fully saturated rings. The second-order valence-electron chi connectivity index (χ2n) is 6.52. The monoisotopic (exact) mass is 400 g/mol. The Kier molecular flexibility index (Phi) is 5.43. The fourth-order valence-corrected chi connectivity index (χ4v) is 3.07. The van der Waals surface area contributed by atoms with Crippen LogP contribution in [-0.2, 0) is 0 Å². The molecular formula is C23H20N4O3. The second kappa shape index (κ2) is 8.48. The number of fused-ring (bicyclic) bond motifs is 1. The Bertz CT molecular complexity index is 1180. The molecule has 0 saturated carbocycles. The second-order valence-corrected chi connectivity index (χ2v) is 6.52. The minimum Gasteiger partial charge on any atom is -0.494 e. The van der Waals surface area contributed by atoms with Crippen molar-refractivity contribution < 1.29 is 14.3 Å². The van der Waals surface area contributed by atoms with Crippen LogP contribution in [-0.4, -0.2) is 28.0 Å². The molecule has 4 rings (SSSR count). The van der Waals surface area contributed by atoms with E-state index in [9.17, 15) is 9.59 Å². The van der Waals surface area contributed by atoms with Crippen molar-refractivity contribution in [3.63, 3.8) is 0 Å². The summed E-state index contributed by atoms with van der Waals surface area (Å²) in [6.07, 6.45) is 1.75. The zero-order chi connectivity index (χ0) is 20.9. The number of aromatic nitrogens is 2. The summed E-state index contributed by atoms with van der Waals surface area (Å²) in [5.74, 6) is -0.131. The van der Waals surface area contributed by atoms with Crippen molar-refractivity contribution in [3.8, 4) is 11.4 Å². The summed E-state index contributed by atoms with van der Waals surface area (Å²) in [5, 5.41) is 0. The first-order valence-corrected chi connectivity index (χ1v) is 9.52. The molecule has 0 aliphatic heterocycles. The summed E-state index contributed by atoms with van der Waals surface area (Å²) in [6.45, 7) is 2.44. The molecule has 0 atom stereocenters. The fourth-order valence-electron chi connectivity index (χ4n) is 3.07. The molecule has 1 aromatic heterocycles. The Labute approximate surface area is 173 Å². The van der Waals surface area contributed by atoms with E-state index in [0.717, 1.165) is 16.7 Å². The number of nitrogens with zero attached hydrogens (tertiary/aromatic N) is 2. The maximum Gasteiger partial charge on any atom is 0.269 e. The highest BCUT2D eigenvalue weighted by molar-refractivity contribution is 5.99. The van der Waals surface area contributed by atoms with Crippen LogP contribution in [0.15, 0.2) is 79.1 Å². The number of ether oxygens (including phenoxy) is 1.